The molecule has 6 atom stereocenters. The van der Waals surface area contributed by atoms with Crippen molar-refractivity contribution in [2.75, 3.05) is 40.4 Å². The van der Waals surface area contributed by atoms with Gasteiger partial charge in [0.25, 0.3) is 0 Å². The Morgan fingerprint density at radius 1 is 0.875 bits per heavy atom. The number of aromatic nitrogens is 2. The fourth-order valence-electron chi connectivity index (χ4n) is 8.17. The normalized spacial score (nSPS) is 24.1. The lowest BCUT2D eigenvalue weighted by molar-refractivity contribution is -0.136. The van der Waals surface area contributed by atoms with Gasteiger partial charge in [0.15, 0.2) is 5.17 Å². The molecule has 0 aliphatic carbocycles. The average Bonchev–Trinajstić information content (AvgIpc) is 4.04. The van der Waals surface area contributed by atoms with E-state index >= 15 is 0 Å². The first-order valence-electron chi connectivity index (χ1n) is 19.5. The first-order valence-corrected chi connectivity index (χ1v) is 20.3. The van der Waals surface area contributed by atoms with Gasteiger partial charge in [0, 0.05) is 24.2 Å². The molecule has 16 nitrogen and oxygen atoms in total. The number of methoxy groups -OCH3 is 2. The van der Waals surface area contributed by atoms with E-state index in [2.05, 4.69) is 61.3 Å². The molecule has 0 saturated carbocycles. The van der Waals surface area contributed by atoms with Crippen LogP contribution in [0.25, 0.3) is 16.2 Å². The molecule has 5 aliphatic rings. The molecule has 0 spiro atoms. The molecule has 2 aromatic rings. The van der Waals surface area contributed by atoms with Crippen LogP contribution in [0, 0.1) is 11.8 Å². The number of aliphatic imine (C=N–C) groups is 2. The number of imidazole rings is 1. The zero-order valence-electron chi connectivity index (χ0n) is 32.8. The fraction of sp³-hybridized carbons (Fsp3) is 0.564. The lowest BCUT2D eigenvalue weighted by atomic mass is 10.0. The van der Waals surface area contributed by atoms with Crippen molar-refractivity contribution in [1.82, 2.24) is 40.6 Å². The maximum atomic E-state index is 13.6. The summed E-state index contributed by atoms with van der Waals surface area (Å²) in [4.78, 5) is 76.1. The van der Waals surface area contributed by atoms with E-state index < -0.39 is 24.3 Å². The largest absolute Gasteiger partial charge is 0.453 e. The molecule has 17 heteroatoms. The number of carbonyl (C=O) groups is 4. The molecule has 0 radical (unpaired) electrons. The molecule has 7 rings (SSSR count). The number of hydrogen-bond acceptors (Lipinski definition) is 12. The van der Waals surface area contributed by atoms with E-state index in [-0.39, 0.29) is 47.8 Å². The Morgan fingerprint density at radius 2 is 1.50 bits per heavy atom. The van der Waals surface area contributed by atoms with E-state index in [1.165, 1.54) is 14.2 Å². The Hall–Kier alpha value is -5.06. The van der Waals surface area contributed by atoms with Crippen molar-refractivity contribution in [3.05, 3.63) is 48.1 Å². The highest BCUT2D eigenvalue weighted by Crippen LogP contribution is 2.40. The van der Waals surface area contributed by atoms with Gasteiger partial charge in [0.05, 0.1) is 57.3 Å². The lowest BCUT2D eigenvalue weighted by Crippen LogP contribution is -2.57. The second-order valence-electron chi connectivity index (χ2n) is 15.6. The van der Waals surface area contributed by atoms with Crippen LogP contribution in [0.15, 0.2) is 46.6 Å². The zero-order chi connectivity index (χ0) is 39.7. The van der Waals surface area contributed by atoms with Gasteiger partial charge in [0.1, 0.15) is 29.8 Å². The third kappa shape index (κ3) is 7.95. The van der Waals surface area contributed by atoms with Crippen molar-refractivity contribution >= 4 is 51.7 Å². The summed E-state index contributed by atoms with van der Waals surface area (Å²) < 4.78 is 9.53. The summed E-state index contributed by atoms with van der Waals surface area (Å²) in [5.41, 5.74) is 2.94. The monoisotopic (exact) mass is 788 g/mol. The predicted octanol–water partition coefficient (Wildman–Crippen LogP) is 3.95. The summed E-state index contributed by atoms with van der Waals surface area (Å²) in [6.45, 7) is 10.1. The molecule has 0 bridgehead atoms. The highest BCUT2D eigenvalue weighted by Gasteiger charge is 2.43. The van der Waals surface area contributed by atoms with Crippen LogP contribution in [-0.2, 0) is 19.1 Å². The van der Waals surface area contributed by atoms with Crippen molar-refractivity contribution in [3.63, 3.8) is 0 Å². The zero-order valence-corrected chi connectivity index (χ0v) is 33.6. The molecule has 4 N–H and O–H groups in total. The number of likely N-dealkylation sites (tertiary alicyclic amines) is 2. The van der Waals surface area contributed by atoms with Gasteiger partial charge in [-0.3, -0.25) is 14.6 Å². The van der Waals surface area contributed by atoms with Crippen molar-refractivity contribution in [1.29, 1.82) is 0 Å². The van der Waals surface area contributed by atoms with E-state index in [4.69, 9.17) is 19.5 Å². The SMILES string of the molecule is COC(=O)N[C@H](C(=O)N1CCCC1[C@@H]1CN=C(C2CN3C=C(c4ccc(-c5cnc([C@@H]6CCCN6C(=O)[C@@H](NC(=O)OC)C(C)C)[nH]5)cc4)SC3=N2)N1)C(C)C. The molecule has 2 unspecified atom stereocenters. The minimum Gasteiger partial charge on any atom is -0.453 e. The molecule has 4 amide bonds. The number of H-pyrrole nitrogens is 1. The van der Waals surface area contributed by atoms with Crippen molar-refractivity contribution < 1.29 is 28.7 Å². The number of amides is 4. The molecule has 300 valence electrons. The number of fused-ring (bicyclic) bond motifs is 1. The highest BCUT2D eigenvalue weighted by atomic mass is 32.2. The van der Waals surface area contributed by atoms with E-state index in [9.17, 15) is 19.2 Å². The summed E-state index contributed by atoms with van der Waals surface area (Å²) in [5, 5.41) is 9.97. The quantitative estimate of drug-likeness (QED) is 0.260. The molecular formula is C39H52N10O6S. The van der Waals surface area contributed by atoms with Crippen molar-refractivity contribution in [2.24, 2.45) is 21.8 Å². The van der Waals surface area contributed by atoms with Gasteiger partial charge < -0.3 is 45.1 Å². The topological polar surface area (TPSA) is 186 Å². The first kappa shape index (κ1) is 39.2. The number of alkyl carbamates (subject to hydrolysis) is 2. The Kier molecular flexibility index (Phi) is 11.6. The molecule has 1 aromatic carbocycles. The van der Waals surface area contributed by atoms with Crippen LogP contribution in [0.1, 0.15) is 70.8 Å². The number of aromatic amines is 1. The van der Waals surface area contributed by atoms with Gasteiger partial charge in [0.2, 0.25) is 11.8 Å². The number of ether oxygens (including phenoxy) is 2. The average molecular weight is 789 g/mol. The number of carbonyl (C=O) groups excluding carboxylic acids is 4. The molecule has 2 fully saturated rings. The van der Waals surface area contributed by atoms with Crippen LogP contribution in [-0.4, -0.2) is 130 Å². The van der Waals surface area contributed by atoms with E-state index in [0.29, 0.717) is 26.2 Å². The summed E-state index contributed by atoms with van der Waals surface area (Å²) in [6, 6.07) is 6.65. The number of hydrogen-bond donors (Lipinski definition) is 4. The Bertz CT molecular complexity index is 1910. The summed E-state index contributed by atoms with van der Waals surface area (Å²) >= 11 is 1.64. The summed E-state index contributed by atoms with van der Waals surface area (Å²) in [6.07, 6.45) is 6.14. The van der Waals surface area contributed by atoms with E-state index in [1.54, 1.807) is 11.8 Å². The minimum atomic E-state index is -0.685. The first-order chi connectivity index (χ1) is 26.9. The van der Waals surface area contributed by atoms with Gasteiger partial charge in [-0.15, -0.1) is 0 Å². The Morgan fingerprint density at radius 3 is 2.14 bits per heavy atom. The Labute approximate surface area is 331 Å². The third-order valence-electron chi connectivity index (χ3n) is 11.2. The maximum Gasteiger partial charge on any atom is 0.407 e. The number of thioether (sulfide) groups is 1. The maximum absolute atomic E-state index is 13.6. The lowest BCUT2D eigenvalue weighted by Gasteiger charge is -2.33. The van der Waals surface area contributed by atoms with Crippen LogP contribution in [0.4, 0.5) is 9.59 Å². The molecular weight excluding hydrogens is 737 g/mol. The molecule has 5 aliphatic heterocycles. The second-order valence-corrected chi connectivity index (χ2v) is 16.6. The third-order valence-corrected chi connectivity index (χ3v) is 12.3. The molecule has 1 aromatic heterocycles. The molecule has 56 heavy (non-hydrogen) atoms. The van der Waals surface area contributed by atoms with Gasteiger partial charge in [-0.05, 0) is 60.4 Å². The number of rotatable bonds is 11. The number of nitrogens with one attached hydrogen (secondary N) is 4. The molecule has 6 heterocycles. The predicted molar refractivity (Wildman–Crippen MR) is 214 cm³/mol. The number of nitrogens with zero attached hydrogens (tertiary/aromatic N) is 6. The standard InChI is InChI=1S/C39H52N10O6S/c1-21(2)31(45-38(52)54-5)35(50)48-15-7-9-28(48)26-18-40-33(43-26)27-19-47-20-30(56-37(47)44-27)24-13-11-23(12-14-24)25-17-41-34(42-25)29-10-8-16-49(29)36(51)32(22(3)4)46-39(53)55-6/h11-14,17,20-22,26-29,31-32H,7-10,15-16,18-19H2,1-6H3,(H,40,43)(H,41,42)(H,45,52)(H,46,53)/t26-,27?,28?,29-,31-,32-/m0/s1. The van der Waals surface area contributed by atoms with Gasteiger partial charge in [-0.1, -0.05) is 52.0 Å². The van der Waals surface area contributed by atoms with Crippen LogP contribution in [0.5, 0.6) is 0 Å². The van der Waals surface area contributed by atoms with Crippen molar-refractivity contribution in [2.45, 2.75) is 89.6 Å². The van der Waals surface area contributed by atoms with E-state index in [1.807, 2.05) is 43.7 Å². The van der Waals surface area contributed by atoms with Crippen molar-refractivity contribution in [3.8, 4) is 11.3 Å². The van der Waals surface area contributed by atoms with Gasteiger partial charge >= 0.3 is 12.2 Å². The van der Waals surface area contributed by atoms with Gasteiger partial charge in [-0.2, -0.15) is 0 Å². The summed E-state index contributed by atoms with van der Waals surface area (Å²) in [5.74, 6) is 1.18. The second kappa shape index (κ2) is 16.6. The number of amidine groups is 2. The fourth-order valence-corrected chi connectivity index (χ4v) is 9.23. The highest BCUT2D eigenvalue weighted by molar-refractivity contribution is 8.22. The van der Waals surface area contributed by atoms with Crippen LogP contribution in [0.3, 0.4) is 0 Å². The van der Waals surface area contributed by atoms with E-state index in [0.717, 1.165) is 64.2 Å². The van der Waals surface area contributed by atoms with Crippen LogP contribution in [0.2, 0.25) is 0 Å². The smallest absolute Gasteiger partial charge is 0.407 e. The molecule has 2 saturated heterocycles. The van der Waals surface area contributed by atoms with Gasteiger partial charge in [-0.25, -0.2) is 19.6 Å². The number of benzene rings is 1. The van der Waals surface area contributed by atoms with Crippen LogP contribution >= 0.6 is 11.8 Å². The minimum absolute atomic E-state index is 0.00610. The Balaban J connectivity index is 0.939. The summed E-state index contributed by atoms with van der Waals surface area (Å²) in [7, 11) is 2.59. The van der Waals surface area contributed by atoms with Crippen LogP contribution < -0.4 is 16.0 Å².